The average molecular weight is 427 g/mol. The summed E-state index contributed by atoms with van der Waals surface area (Å²) >= 11 is 0. The number of piperazine rings is 1. The lowest BCUT2D eigenvalue weighted by molar-refractivity contribution is 0.589. The lowest BCUT2D eigenvalue weighted by atomic mass is 10.1. The highest BCUT2D eigenvalue weighted by molar-refractivity contribution is 5.78. The van der Waals surface area contributed by atoms with Crippen LogP contribution in [0.15, 0.2) is 67.3 Å². The fourth-order valence-electron chi connectivity index (χ4n) is 3.89. The average Bonchev–Trinajstić information content (AvgIpc) is 3.30. The molecule has 1 fully saturated rings. The summed E-state index contributed by atoms with van der Waals surface area (Å²) in [4.78, 5) is 15.9. The summed E-state index contributed by atoms with van der Waals surface area (Å²) in [6.45, 7) is 6.88. The molecule has 0 unspecified atom stereocenters. The molecular formula is C24H26N8. The molecule has 8 nitrogen and oxygen atoms in total. The molecule has 1 saturated heterocycles. The van der Waals surface area contributed by atoms with Gasteiger partial charge in [0.2, 0.25) is 5.95 Å². The zero-order chi connectivity index (χ0) is 21.8. The van der Waals surface area contributed by atoms with Crippen molar-refractivity contribution in [1.29, 1.82) is 0 Å². The molecule has 162 valence electrons. The van der Waals surface area contributed by atoms with Crippen LogP contribution in [-0.2, 0) is 6.54 Å². The van der Waals surface area contributed by atoms with Gasteiger partial charge >= 0.3 is 0 Å². The summed E-state index contributed by atoms with van der Waals surface area (Å²) in [7, 11) is 0. The minimum absolute atomic E-state index is 0.557. The van der Waals surface area contributed by atoms with E-state index < -0.39 is 0 Å². The van der Waals surface area contributed by atoms with E-state index in [9.17, 15) is 0 Å². The van der Waals surface area contributed by atoms with Gasteiger partial charge in [-0.2, -0.15) is 5.10 Å². The molecule has 1 aromatic carbocycles. The predicted molar refractivity (Wildman–Crippen MR) is 127 cm³/mol. The molecule has 0 bridgehead atoms. The third-order valence-electron chi connectivity index (χ3n) is 5.54. The molecule has 0 amide bonds. The van der Waals surface area contributed by atoms with Gasteiger partial charge in [-0.05, 0) is 43.3 Å². The molecule has 32 heavy (non-hydrogen) atoms. The Morgan fingerprint density at radius 2 is 1.97 bits per heavy atom. The number of hydrogen-bond acceptors (Lipinski definition) is 7. The molecule has 5 rings (SSSR count). The second kappa shape index (κ2) is 9.15. The number of anilines is 3. The Hall–Kier alpha value is -3.78. The number of nitrogens with zero attached hydrogens (tertiary/aromatic N) is 6. The summed E-state index contributed by atoms with van der Waals surface area (Å²) in [5.41, 5.74) is 5.78. The van der Waals surface area contributed by atoms with Crippen LogP contribution in [0.25, 0.3) is 22.5 Å². The van der Waals surface area contributed by atoms with E-state index in [1.165, 1.54) is 5.69 Å². The third kappa shape index (κ3) is 4.31. The summed E-state index contributed by atoms with van der Waals surface area (Å²) in [5, 5.41) is 11.5. The van der Waals surface area contributed by atoms with E-state index in [0.29, 0.717) is 5.95 Å². The van der Waals surface area contributed by atoms with Gasteiger partial charge in [-0.1, -0.05) is 6.07 Å². The molecule has 4 aromatic rings. The van der Waals surface area contributed by atoms with Gasteiger partial charge in [0.15, 0.2) is 0 Å². The molecule has 8 heteroatoms. The predicted octanol–water partition coefficient (Wildman–Crippen LogP) is 3.58. The number of benzene rings is 1. The lowest BCUT2D eigenvalue weighted by Crippen LogP contribution is -2.43. The Morgan fingerprint density at radius 3 is 2.78 bits per heavy atom. The number of aryl methyl sites for hydroxylation is 1. The van der Waals surface area contributed by atoms with Crippen molar-refractivity contribution in [3.8, 4) is 22.5 Å². The van der Waals surface area contributed by atoms with Gasteiger partial charge in [-0.25, -0.2) is 9.97 Å². The van der Waals surface area contributed by atoms with Crippen LogP contribution in [0.1, 0.15) is 6.92 Å². The highest BCUT2D eigenvalue weighted by Crippen LogP contribution is 2.30. The topological polar surface area (TPSA) is 83.8 Å². The van der Waals surface area contributed by atoms with Gasteiger partial charge in [-0.3, -0.25) is 9.67 Å². The van der Waals surface area contributed by atoms with Gasteiger partial charge in [0.05, 0.1) is 5.69 Å². The smallest absolute Gasteiger partial charge is 0.227 e. The van der Waals surface area contributed by atoms with Crippen molar-refractivity contribution in [1.82, 2.24) is 30.0 Å². The highest BCUT2D eigenvalue weighted by atomic mass is 15.3. The van der Waals surface area contributed by atoms with Crippen LogP contribution in [0.2, 0.25) is 0 Å². The van der Waals surface area contributed by atoms with Crippen molar-refractivity contribution < 1.29 is 0 Å². The van der Waals surface area contributed by atoms with Crippen LogP contribution < -0.4 is 15.5 Å². The maximum absolute atomic E-state index is 4.79. The van der Waals surface area contributed by atoms with Gasteiger partial charge in [0.1, 0.15) is 5.69 Å². The Kier molecular flexibility index (Phi) is 5.76. The fraction of sp³-hybridized carbons (Fsp3) is 0.250. The number of nitrogens with one attached hydrogen (secondary N) is 2. The SMILES string of the molecule is CCn1cc(-c2ccnc(Nc3cccc(N4CCNCC4)c3)n2)c(-c2cccnc2)n1. The first-order valence-electron chi connectivity index (χ1n) is 10.9. The minimum atomic E-state index is 0.557. The van der Waals surface area contributed by atoms with Crippen molar-refractivity contribution >= 4 is 17.3 Å². The first-order chi connectivity index (χ1) is 15.8. The van der Waals surface area contributed by atoms with E-state index in [-0.39, 0.29) is 0 Å². The molecule has 0 atom stereocenters. The molecule has 1 aliphatic heterocycles. The zero-order valence-corrected chi connectivity index (χ0v) is 18.1. The Bertz CT molecular complexity index is 1180. The van der Waals surface area contributed by atoms with Gasteiger partial charge in [0, 0.05) is 80.0 Å². The molecule has 4 heterocycles. The maximum Gasteiger partial charge on any atom is 0.227 e. The highest BCUT2D eigenvalue weighted by Gasteiger charge is 2.15. The van der Waals surface area contributed by atoms with E-state index in [0.717, 1.165) is 60.9 Å². The van der Waals surface area contributed by atoms with Crippen LogP contribution in [-0.4, -0.2) is 50.9 Å². The van der Waals surface area contributed by atoms with E-state index in [4.69, 9.17) is 10.1 Å². The van der Waals surface area contributed by atoms with Crippen molar-refractivity contribution in [2.75, 3.05) is 36.4 Å². The van der Waals surface area contributed by atoms with Crippen LogP contribution in [0, 0.1) is 0 Å². The summed E-state index contributed by atoms with van der Waals surface area (Å²) in [6.07, 6.45) is 7.40. The van der Waals surface area contributed by atoms with Gasteiger partial charge < -0.3 is 15.5 Å². The molecule has 0 saturated carbocycles. The van der Waals surface area contributed by atoms with E-state index in [2.05, 4.69) is 50.6 Å². The van der Waals surface area contributed by atoms with Crippen molar-refractivity contribution in [2.45, 2.75) is 13.5 Å². The minimum Gasteiger partial charge on any atom is -0.369 e. The second-order valence-corrected chi connectivity index (χ2v) is 7.67. The Morgan fingerprint density at radius 1 is 1.06 bits per heavy atom. The zero-order valence-electron chi connectivity index (χ0n) is 18.1. The molecule has 1 aliphatic rings. The number of rotatable bonds is 6. The quantitative estimate of drug-likeness (QED) is 0.488. The monoisotopic (exact) mass is 426 g/mol. The van der Waals surface area contributed by atoms with Crippen LogP contribution in [0.5, 0.6) is 0 Å². The fourth-order valence-corrected chi connectivity index (χ4v) is 3.89. The van der Waals surface area contributed by atoms with E-state index in [1.54, 1.807) is 12.4 Å². The lowest BCUT2D eigenvalue weighted by Gasteiger charge is -2.29. The molecular weight excluding hydrogens is 400 g/mol. The normalized spacial score (nSPS) is 13.8. The number of aromatic nitrogens is 5. The van der Waals surface area contributed by atoms with Crippen molar-refractivity contribution in [3.63, 3.8) is 0 Å². The first-order valence-corrected chi connectivity index (χ1v) is 10.9. The maximum atomic E-state index is 4.79. The standard InChI is InChI=1S/C24H26N8/c1-2-32-17-21(23(30-32)18-5-4-9-26-16-18)22-8-10-27-24(29-22)28-19-6-3-7-20(15-19)31-13-11-25-12-14-31/h3-10,15-17,25H,2,11-14H2,1H3,(H,27,28,29). The van der Waals surface area contributed by atoms with Crippen LogP contribution in [0.3, 0.4) is 0 Å². The first kappa shape index (κ1) is 20.1. The van der Waals surface area contributed by atoms with Crippen LogP contribution in [0.4, 0.5) is 17.3 Å². The largest absolute Gasteiger partial charge is 0.369 e. The number of pyridine rings is 1. The molecule has 2 N–H and O–H groups in total. The molecule has 0 aliphatic carbocycles. The molecule has 0 spiro atoms. The number of hydrogen-bond donors (Lipinski definition) is 2. The molecule has 3 aromatic heterocycles. The van der Waals surface area contributed by atoms with Gasteiger partial charge in [-0.15, -0.1) is 0 Å². The second-order valence-electron chi connectivity index (χ2n) is 7.67. The Balaban J connectivity index is 1.43. The third-order valence-corrected chi connectivity index (χ3v) is 5.54. The Labute approximate surface area is 187 Å². The van der Waals surface area contributed by atoms with Gasteiger partial charge in [0.25, 0.3) is 0 Å². The van der Waals surface area contributed by atoms with Crippen LogP contribution >= 0.6 is 0 Å². The summed E-state index contributed by atoms with van der Waals surface area (Å²) in [6, 6.07) is 14.3. The van der Waals surface area contributed by atoms with E-state index >= 15 is 0 Å². The van der Waals surface area contributed by atoms with E-state index in [1.807, 2.05) is 41.3 Å². The van der Waals surface area contributed by atoms with Crippen molar-refractivity contribution in [3.05, 3.63) is 67.3 Å². The molecule has 0 radical (unpaired) electrons. The van der Waals surface area contributed by atoms with Crippen molar-refractivity contribution in [2.24, 2.45) is 0 Å². The summed E-state index contributed by atoms with van der Waals surface area (Å²) in [5.74, 6) is 0.557. The summed E-state index contributed by atoms with van der Waals surface area (Å²) < 4.78 is 1.92.